The molecule has 15 heavy (non-hydrogen) atoms. The van der Waals surface area contributed by atoms with Gasteiger partial charge in [0.05, 0.1) is 0 Å². The van der Waals surface area contributed by atoms with E-state index in [1.165, 1.54) is 13.0 Å². The minimum absolute atomic E-state index is 0.0336. The Kier molecular flexibility index (Phi) is 3.49. The summed E-state index contributed by atoms with van der Waals surface area (Å²) in [7, 11) is 0. The van der Waals surface area contributed by atoms with Gasteiger partial charge in [0.1, 0.15) is 5.75 Å². The molecule has 5 heteroatoms. The maximum Gasteiger partial charge on any atom is 0.387 e. The Morgan fingerprint density at radius 2 is 1.73 bits per heavy atom. The first-order valence-electron chi connectivity index (χ1n) is 4.08. The lowest BCUT2D eigenvalue weighted by Gasteiger charge is -2.09. The van der Waals surface area contributed by atoms with Crippen LogP contribution in [0.4, 0.5) is 8.78 Å². The highest BCUT2D eigenvalue weighted by atomic mass is 19.3. The monoisotopic (exact) mass is 214 g/mol. The number of rotatable bonds is 4. The van der Waals surface area contributed by atoms with Crippen LogP contribution >= 0.6 is 0 Å². The van der Waals surface area contributed by atoms with Crippen LogP contribution in [0.2, 0.25) is 0 Å². The number of hydrogen-bond acceptors (Lipinski definition) is 3. The maximum absolute atomic E-state index is 11.9. The van der Waals surface area contributed by atoms with Crippen molar-refractivity contribution in [1.82, 2.24) is 0 Å². The molecule has 0 heterocycles. The zero-order valence-corrected chi connectivity index (χ0v) is 7.87. The van der Waals surface area contributed by atoms with E-state index in [1.807, 2.05) is 0 Å². The van der Waals surface area contributed by atoms with Gasteiger partial charge in [-0.05, 0) is 24.6 Å². The first-order valence-corrected chi connectivity index (χ1v) is 4.08. The molecule has 0 fully saturated rings. The van der Waals surface area contributed by atoms with Crippen molar-refractivity contribution in [3.63, 3.8) is 0 Å². The normalized spacial score (nSPS) is 10.1. The molecule has 0 saturated heterocycles. The van der Waals surface area contributed by atoms with Crippen LogP contribution < -0.4 is 4.74 Å². The average Bonchev–Trinajstić information content (AvgIpc) is 2.19. The Bertz CT molecular complexity index is 388. The first kappa shape index (κ1) is 11.3. The van der Waals surface area contributed by atoms with Crippen molar-refractivity contribution in [3.8, 4) is 5.75 Å². The van der Waals surface area contributed by atoms with Gasteiger partial charge < -0.3 is 4.74 Å². The van der Waals surface area contributed by atoms with Gasteiger partial charge in [-0.1, -0.05) is 0 Å². The van der Waals surface area contributed by atoms with Crippen LogP contribution in [0.5, 0.6) is 5.75 Å². The lowest BCUT2D eigenvalue weighted by Crippen LogP contribution is -2.05. The fourth-order valence-corrected chi connectivity index (χ4v) is 1.15. The van der Waals surface area contributed by atoms with E-state index in [2.05, 4.69) is 4.74 Å². The molecule has 0 aliphatic rings. The zero-order chi connectivity index (χ0) is 11.4. The Morgan fingerprint density at radius 3 is 2.20 bits per heavy atom. The molecular weight excluding hydrogens is 206 g/mol. The predicted octanol–water partition coefficient (Wildman–Crippen LogP) is 2.22. The SMILES string of the molecule is Cc1cc(C=O)c(C=O)cc1OC(F)F. The van der Waals surface area contributed by atoms with Crippen LogP contribution in [0.25, 0.3) is 0 Å². The van der Waals surface area contributed by atoms with E-state index in [-0.39, 0.29) is 16.9 Å². The number of aryl methyl sites for hydroxylation is 1. The summed E-state index contributed by atoms with van der Waals surface area (Å²) in [6.07, 6.45) is 0.907. The van der Waals surface area contributed by atoms with Crippen molar-refractivity contribution < 1.29 is 23.1 Å². The summed E-state index contributed by atoms with van der Waals surface area (Å²) in [4.78, 5) is 21.1. The molecule has 0 N–H and O–H groups in total. The quantitative estimate of drug-likeness (QED) is 0.722. The van der Waals surface area contributed by atoms with Gasteiger partial charge in [0.25, 0.3) is 0 Å². The molecule has 0 bridgehead atoms. The van der Waals surface area contributed by atoms with E-state index in [9.17, 15) is 18.4 Å². The standard InChI is InChI=1S/C10H8F2O3/c1-6-2-7(4-13)8(5-14)3-9(6)15-10(11)12/h2-5,10H,1H3. The largest absolute Gasteiger partial charge is 0.435 e. The third kappa shape index (κ3) is 2.59. The zero-order valence-electron chi connectivity index (χ0n) is 7.87. The summed E-state index contributed by atoms with van der Waals surface area (Å²) in [5.74, 6) is -0.0994. The molecule has 0 amide bonds. The van der Waals surface area contributed by atoms with Gasteiger partial charge >= 0.3 is 6.61 Å². The second-order valence-corrected chi connectivity index (χ2v) is 2.86. The molecule has 0 atom stereocenters. The van der Waals surface area contributed by atoms with E-state index < -0.39 is 6.61 Å². The number of hydrogen-bond donors (Lipinski definition) is 0. The number of carbonyl (C=O) groups is 2. The molecule has 0 unspecified atom stereocenters. The van der Waals surface area contributed by atoms with Gasteiger partial charge in [-0.3, -0.25) is 9.59 Å². The number of alkyl halides is 2. The highest BCUT2D eigenvalue weighted by Crippen LogP contribution is 2.23. The summed E-state index contributed by atoms with van der Waals surface area (Å²) in [6, 6.07) is 2.45. The fourth-order valence-electron chi connectivity index (χ4n) is 1.15. The van der Waals surface area contributed by atoms with Gasteiger partial charge in [-0.15, -0.1) is 0 Å². The topological polar surface area (TPSA) is 43.4 Å². The molecule has 1 aromatic carbocycles. The Labute approximate surface area is 84.7 Å². The molecule has 0 aliphatic heterocycles. The summed E-state index contributed by atoms with van der Waals surface area (Å²) in [6.45, 7) is -1.44. The number of halogens is 2. The molecule has 3 nitrogen and oxygen atoms in total. The van der Waals surface area contributed by atoms with Crippen molar-refractivity contribution in [2.24, 2.45) is 0 Å². The Morgan fingerprint density at radius 1 is 1.20 bits per heavy atom. The van der Waals surface area contributed by atoms with E-state index in [1.54, 1.807) is 0 Å². The van der Waals surface area contributed by atoms with Crippen molar-refractivity contribution >= 4 is 12.6 Å². The Balaban J connectivity index is 3.19. The van der Waals surface area contributed by atoms with Crippen LogP contribution in [-0.2, 0) is 0 Å². The molecule has 0 aliphatic carbocycles. The second kappa shape index (κ2) is 4.63. The van der Waals surface area contributed by atoms with Crippen LogP contribution in [0, 0.1) is 6.92 Å². The first-order chi connectivity index (χ1) is 7.08. The highest BCUT2D eigenvalue weighted by Gasteiger charge is 2.11. The molecule has 0 saturated carbocycles. The molecule has 80 valence electrons. The fraction of sp³-hybridized carbons (Fsp3) is 0.200. The second-order valence-electron chi connectivity index (χ2n) is 2.86. The number of aldehydes is 2. The van der Waals surface area contributed by atoms with Crippen molar-refractivity contribution in [1.29, 1.82) is 0 Å². The van der Waals surface area contributed by atoms with E-state index in [4.69, 9.17) is 0 Å². The van der Waals surface area contributed by atoms with E-state index >= 15 is 0 Å². The van der Waals surface area contributed by atoms with Crippen LogP contribution in [-0.4, -0.2) is 19.2 Å². The van der Waals surface area contributed by atoms with Gasteiger partial charge in [0, 0.05) is 11.1 Å². The number of carbonyl (C=O) groups excluding carboxylic acids is 2. The summed E-state index contributed by atoms with van der Waals surface area (Å²) in [5, 5.41) is 0. The van der Waals surface area contributed by atoms with Crippen LogP contribution in [0.15, 0.2) is 12.1 Å². The number of ether oxygens (including phenoxy) is 1. The number of benzene rings is 1. The predicted molar refractivity (Wildman–Crippen MR) is 48.6 cm³/mol. The molecule has 1 rings (SSSR count). The van der Waals surface area contributed by atoms with Crippen LogP contribution in [0.1, 0.15) is 26.3 Å². The molecule has 1 aromatic rings. The summed E-state index contributed by atoms with van der Waals surface area (Å²) in [5.41, 5.74) is 0.568. The van der Waals surface area contributed by atoms with Crippen molar-refractivity contribution in [2.45, 2.75) is 13.5 Å². The maximum atomic E-state index is 11.9. The summed E-state index contributed by atoms with van der Waals surface area (Å²) < 4.78 is 28.1. The lowest BCUT2D eigenvalue weighted by molar-refractivity contribution is -0.0503. The molecule has 0 spiro atoms. The summed E-state index contributed by atoms with van der Waals surface area (Å²) >= 11 is 0. The highest BCUT2D eigenvalue weighted by molar-refractivity contribution is 5.91. The third-order valence-corrected chi connectivity index (χ3v) is 1.85. The minimum atomic E-state index is -2.95. The minimum Gasteiger partial charge on any atom is -0.435 e. The molecule has 0 aromatic heterocycles. The third-order valence-electron chi connectivity index (χ3n) is 1.85. The van der Waals surface area contributed by atoms with Crippen molar-refractivity contribution in [3.05, 3.63) is 28.8 Å². The van der Waals surface area contributed by atoms with Gasteiger partial charge in [0.2, 0.25) is 0 Å². The van der Waals surface area contributed by atoms with E-state index in [0.29, 0.717) is 18.1 Å². The molecule has 0 radical (unpaired) electrons. The van der Waals surface area contributed by atoms with Crippen molar-refractivity contribution in [2.75, 3.05) is 0 Å². The van der Waals surface area contributed by atoms with E-state index in [0.717, 1.165) is 6.07 Å². The van der Waals surface area contributed by atoms with Gasteiger partial charge in [0.15, 0.2) is 12.6 Å². The van der Waals surface area contributed by atoms with Gasteiger partial charge in [-0.25, -0.2) is 0 Å². The lowest BCUT2D eigenvalue weighted by atomic mass is 10.1. The smallest absolute Gasteiger partial charge is 0.387 e. The average molecular weight is 214 g/mol. The van der Waals surface area contributed by atoms with Gasteiger partial charge in [-0.2, -0.15) is 8.78 Å². The Hall–Kier alpha value is -1.78. The van der Waals surface area contributed by atoms with Crippen LogP contribution in [0.3, 0.4) is 0 Å². The molecular formula is C10H8F2O3.